The van der Waals surface area contributed by atoms with Crippen LogP contribution >= 0.6 is 11.8 Å². The molecule has 3 nitrogen and oxygen atoms in total. The highest BCUT2D eigenvalue weighted by atomic mass is 32.2. The number of carbonyl (C=O) groups is 1. The summed E-state index contributed by atoms with van der Waals surface area (Å²) in [6.45, 7) is 0. The van der Waals surface area contributed by atoms with Crippen molar-refractivity contribution in [3.63, 3.8) is 0 Å². The predicted molar refractivity (Wildman–Crippen MR) is 96.5 cm³/mol. The van der Waals surface area contributed by atoms with Crippen LogP contribution in [0.4, 0.5) is 5.69 Å². The van der Waals surface area contributed by atoms with Crippen molar-refractivity contribution >= 4 is 23.4 Å². The second-order valence-corrected chi connectivity index (χ2v) is 7.37. The maximum absolute atomic E-state index is 12.6. The van der Waals surface area contributed by atoms with E-state index in [0.29, 0.717) is 5.25 Å². The maximum Gasteiger partial charge on any atom is 0.229 e. The lowest BCUT2D eigenvalue weighted by molar-refractivity contribution is -0.121. The predicted octanol–water partition coefficient (Wildman–Crippen LogP) is 3.91. The Bertz CT molecular complexity index is 632. The van der Waals surface area contributed by atoms with E-state index in [1.165, 1.54) is 4.90 Å². The van der Waals surface area contributed by atoms with Crippen LogP contribution in [0.25, 0.3) is 0 Å². The van der Waals surface area contributed by atoms with Gasteiger partial charge in [-0.25, -0.2) is 0 Å². The summed E-state index contributed by atoms with van der Waals surface area (Å²) in [5.41, 5.74) is 7.05. The van der Waals surface area contributed by atoms with E-state index in [1.807, 2.05) is 48.2 Å². The Hall–Kier alpha value is -1.78. The quantitative estimate of drug-likeness (QED) is 0.895. The Morgan fingerprint density at radius 3 is 2.35 bits per heavy atom. The van der Waals surface area contributed by atoms with Crippen LogP contribution in [0.3, 0.4) is 0 Å². The van der Waals surface area contributed by atoms with E-state index in [-0.39, 0.29) is 17.9 Å². The molecule has 3 atom stereocenters. The third-order valence-corrected chi connectivity index (χ3v) is 5.59. The SMILES string of the molecule is NC1CCC(Sc2ccccc2)CC1C(=O)Nc1ccccc1. The average Bonchev–Trinajstić information content (AvgIpc) is 2.58. The standard InChI is InChI=1S/C19H22N2OS/c20-18-12-11-16(23-15-9-5-2-6-10-15)13-17(18)19(22)21-14-7-3-1-4-8-14/h1-10,16-18H,11-13,20H2,(H,21,22). The van der Waals surface area contributed by atoms with Gasteiger partial charge in [0.25, 0.3) is 0 Å². The summed E-state index contributed by atoms with van der Waals surface area (Å²) in [6.07, 6.45) is 2.80. The van der Waals surface area contributed by atoms with Crippen LogP contribution in [-0.2, 0) is 4.79 Å². The molecule has 0 heterocycles. The van der Waals surface area contributed by atoms with Crippen LogP contribution in [0.2, 0.25) is 0 Å². The zero-order valence-electron chi connectivity index (χ0n) is 13.0. The van der Waals surface area contributed by atoms with E-state index in [0.717, 1.165) is 24.9 Å². The molecule has 2 aromatic rings. The highest BCUT2D eigenvalue weighted by Crippen LogP contribution is 2.36. The van der Waals surface area contributed by atoms with Gasteiger partial charge in [-0.05, 0) is 43.5 Å². The van der Waals surface area contributed by atoms with Crippen molar-refractivity contribution in [1.82, 2.24) is 0 Å². The number of amides is 1. The van der Waals surface area contributed by atoms with Crippen LogP contribution in [0.5, 0.6) is 0 Å². The Kier molecular flexibility index (Phi) is 5.36. The zero-order chi connectivity index (χ0) is 16.1. The normalized spacial score (nSPS) is 24.1. The van der Waals surface area contributed by atoms with Crippen LogP contribution in [0.15, 0.2) is 65.6 Å². The fourth-order valence-corrected chi connectivity index (χ4v) is 4.27. The second-order valence-electron chi connectivity index (χ2n) is 5.99. The Morgan fingerprint density at radius 1 is 1.00 bits per heavy atom. The minimum atomic E-state index is -0.120. The zero-order valence-corrected chi connectivity index (χ0v) is 13.8. The monoisotopic (exact) mass is 326 g/mol. The fourth-order valence-electron chi connectivity index (χ4n) is 3.01. The van der Waals surface area contributed by atoms with Gasteiger partial charge in [-0.2, -0.15) is 0 Å². The molecule has 1 aliphatic carbocycles. The van der Waals surface area contributed by atoms with E-state index in [4.69, 9.17) is 5.73 Å². The number of benzene rings is 2. The first-order valence-electron chi connectivity index (χ1n) is 8.05. The molecule has 2 aromatic carbocycles. The van der Waals surface area contributed by atoms with Gasteiger partial charge in [0.15, 0.2) is 0 Å². The molecule has 0 bridgehead atoms. The van der Waals surface area contributed by atoms with Crippen molar-refractivity contribution in [2.24, 2.45) is 11.7 Å². The highest BCUT2D eigenvalue weighted by Gasteiger charge is 2.33. The molecule has 0 saturated heterocycles. The van der Waals surface area contributed by atoms with Gasteiger partial charge in [0.05, 0.1) is 5.92 Å². The molecule has 3 unspecified atom stereocenters. The van der Waals surface area contributed by atoms with Gasteiger partial charge in [0.1, 0.15) is 0 Å². The molecule has 1 aliphatic rings. The number of nitrogens with one attached hydrogen (secondary N) is 1. The molecule has 1 saturated carbocycles. The summed E-state index contributed by atoms with van der Waals surface area (Å²) < 4.78 is 0. The van der Waals surface area contributed by atoms with Crippen LogP contribution in [-0.4, -0.2) is 17.2 Å². The van der Waals surface area contributed by atoms with Gasteiger partial charge in [0.2, 0.25) is 5.91 Å². The molecule has 120 valence electrons. The lowest BCUT2D eigenvalue weighted by Gasteiger charge is -2.33. The molecular formula is C19H22N2OS. The van der Waals surface area contributed by atoms with Gasteiger partial charge in [-0.1, -0.05) is 36.4 Å². The Balaban J connectivity index is 1.62. The maximum atomic E-state index is 12.6. The van der Waals surface area contributed by atoms with E-state index in [2.05, 4.69) is 29.6 Å². The minimum Gasteiger partial charge on any atom is -0.327 e. The third-order valence-electron chi connectivity index (χ3n) is 4.28. The number of nitrogens with two attached hydrogens (primary N) is 1. The Labute approximate surface area is 141 Å². The van der Waals surface area contributed by atoms with Crippen molar-refractivity contribution in [3.8, 4) is 0 Å². The van der Waals surface area contributed by atoms with E-state index < -0.39 is 0 Å². The van der Waals surface area contributed by atoms with Crippen molar-refractivity contribution in [1.29, 1.82) is 0 Å². The highest BCUT2D eigenvalue weighted by molar-refractivity contribution is 8.00. The minimum absolute atomic E-state index is 0.0436. The van der Waals surface area contributed by atoms with Gasteiger partial charge < -0.3 is 11.1 Å². The summed E-state index contributed by atoms with van der Waals surface area (Å²) in [4.78, 5) is 13.8. The molecule has 1 amide bonds. The van der Waals surface area contributed by atoms with Gasteiger partial charge in [0, 0.05) is 21.9 Å². The summed E-state index contributed by atoms with van der Waals surface area (Å²) in [6, 6.07) is 19.9. The van der Waals surface area contributed by atoms with Gasteiger partial charge >= 0.3 is 0 Å². The van der Waals surface area contributed by atoms with Crippen LogP contribution in [0.1, 0.15) is 19.3 Å². The number of thioether (sulfide) groups is 1. The molecule has 3 N–H and O–H groups in total. The van der Waals surface area contributed by atoms with Gasteiger partial charge in [-0.15, -0.1) is 11.8 Å². The second kappa shape index (κ2) is 7.66. The lowest BCUT2D eigenvalue weighted by atomic mass is 9.84. The molecule has 4 heteroatoms. The third kappa shape index (κ3) is 4.36. The first kappa shape index (κ1) is 16.1. The van der Waals surface area contributed by atoms with E-state index in [1.54, 1.807) is 0 Å². The van der Waals surface area contributed by atoms with E-state index in [9.17, 15) is 4.79 Å². The molecule has 0 aromatic heterocycles. The molecule has 3 rings (SSSR count). The van der Waals surface area contributed by atoms with E-state index >= 15 is 0 Å². The van der Waals surface area contributed by atoms with Crippen molar-refractivity contribution in [3.05, 3.63) is 60.7 Å². The van der Waals surface area contributed by atoms with Crippen molar-refractivity contribution in [2.75, 3.05) is 5.32 Å². The number of rotatable bonds is 4. The average molecular weight is 326 g/mol. The number of anilines is 1. The molecule has 0 radical (unpaired) electrons. The fraction of sp³-hybridized carbons (Fsp3) is 0.316. The number of hydrogen-bond donors (Lipinski definition) is 2. The Morgan fingerprint density at radius 2 is 1.65 bits per heavy atom. The molecular weight excluding hydrogens is 304 g/mol. The summed E-state index contributed by atoms with van der Waals surface area (Å²) in [7, 11) is 0. The smallest absolute Gasteiger partial charge is 0.229 e. The van der Waals surface area contributed by atoms with Crippen molar-refractivity contribution in [2.45, 2.75) is 35.4 Å². The largest absolute Gasteiger partial charge is 0.327 e. The summed E-state index contributed by atoms with van der Waals surface area (Å²) in [5, 5.41) is 3.45. The molecule has 1 fully saturated rings. The van der Waals surface area contributed by atoms with Gasteiger partial charge in [-0.3, -0.25) is 4.79 Å². The first-order chi connectivity index (χ1) is 11.2. The molecule has 0 aliphatic heterocycles. The van der Waals surface area contributed by atoms with Crippen LogP contribution < -0.4 is 11.1 Å². The summed E-state index contributed by atoms with van der Waals surface area (Å²) >= 11 is 1.86. The number of carbonyl (C=O) groups excluding carboxylic acids is 1. The topological polar surface area (TPSA) is 55.1 Å². The molecule has 0 spiro atoms. The lowest BCUT2D eigenvalue weighted by Crippen LogP contribution is -2.43. The molecule has 23 heavy (non-hydrogen) atoms. The van der Waals surface area contributed by atoms with Crippen LogP contribution in [0, 0.1) is 5.92 Å². The van der Waals surface area contributed by atoms with Crippen molar-refractivity contribution < 1.29 is 4.79 Å². The summed E-state index contributed by atoms with van der Waals surface area (Å²) in [5.74, 6) is -0.0766. The number of hydrogen-bond acceptors (Lipinski definition) is 3. The number of para-hydroxylation sites is 1. The first-order valence-corrected chi connectivity index (χ1v) is 8.93.